The summed E-state index contributed by atoms with van der Waals surface area (Å²) in [4.78, 5) is 10.3. The Morgan fingerprint density at radius 3 is 2.88 bits per heavy atom. The average molecular weight is 347 g/mol. The highest BCUT2D eigenvalue weighted by Crippen LogP contribution is 2.33. The molecule has 0 aliphatic rings. The van der Waals surface area contributed by atoms with E-state index in [4.69, 9.17) is 4.98 Å². The lowest BCUT2D eigenvalue weighted by molar-refractivity contribution is 0.736. The smallest absolute Gasteiger partial charge is 0.213 e. The number of rotatable bonds is 2. The van der Waals surface area contributed by atoms with Crippen molar-refractivity contribution < 1.29 is 0 Å². The second-order valence-electron chi connectivity index (χ2n) is 5.82. The molecule has 0 saturated carbocycles. The Bertz CT molecular complexity index is 1230. The van der Waals surface area contributed by atoms with E-state index in [1.165, 1.54) is 11.3 Å². The van der Waals surface area contributed by atoms with Crippen LogP contribution in [-0.4, -0.2) is 34.6 Å². The van der Waals surface area contributed by atoms with Gasteiger partial charge in [-0.3, -0.25) is 4.98 Å². The summed E-state index contributed by atoms with van der Waals surface area (Å²) < 4.78 is 3.64. The number of benzene rings is 1. The number of fused-ring (bicyclic) bond motifs is 2. The minimum atomic E-state index is 0.831. The normalized spacial score (nSPS) is 11.6. The van der Waals surface area contributed by atoms with Gasteiger partial charge in [0.15, 0.2) is 0 Å². The molecule has 5 rings (SSSR count). The van der Waals surface area contributed by atoms with Crippen LogP contribution in [0.5, 0.6) is 0 Å². The number of imidazole rings is 1. The summed E-state index contributed by atoms with van der Waals surface area (Å²) in [6.45, 7) is 1.98. The third-order valence-corrected chi connectivity index (χ3v) is 4.84. The molecule has 0 amide bonds. The molecule has 0 atom stereocenters. The van der Waals surface area contributed by atoms with Crippen molar-refractivity contribution in [1.82, 2.24) is 34.6 Å². The van der Waals surface area contributed by atoms with Crippen LogP contribution in [0, 0.1) is 6.92 Å². The lowest BCUT2D eigenvalue weighted by Gasteiger charge is -2.05. The van der Waals surface area contributed by atoms with Gasteiger partial charge in [-0.2, -0.15) is 5.10 Å². The highest BCUT2D eigenvalue weighted by atomic mass is 32.1. The van der Waals surface area contributed by atoms with Crippen LogP contribution in [0.1, 0.15) is 5.69 Å². The van der Waals surface area contributed by atoms with Gasteiger partial charge in [-0.15, -0.1) is 5.10 Å². The maximum atomic E-state index is 4.77. The molecule has 0 aliphatic heterocycles. The van der Waals surface area contributed by atoms with Crippen LogP contribution in [0.3, 0.4) is 0 Å². The predicted octanol–water partition coefficient (Wildman–Crippen LogP) is 3.11. The maximum absolute atomic E-state index is 4.77. The van der Waals surface area contributed by atoms with Gasteiger partial charge in [0.25, 0.3) is 0 Å². The Labute approximate surface area is 146 Å². The zero-order valence-corrected chi connectivity index (χ0v) is 14.4. The quantitative estimate of drug-likeness (QED) is 0.490. The van der Waals surface area contributed by atoms with Crippen molar-refractivity contribution in [1.29, 1.82) is 0 Å². The van der Waals surface area contributed by atoms with E-state index in [-0.39, 0.29) is 0 Å². The molecule has 0 saturated heterocycles. The number of aryl methyl sites for hydroxylation is 2. The van der Waals surface area contributed by atoms with Crippen molar-refractivity contribution in [2.45, 2.75) is 6.92 Å². The molecular formula is C17H13N7S. The summed E-state index contributed by atoms with van der Waals surface area (Å²) in [6, 6.07) is 12.0. The van der Waals surface area contributed by atoms with E-state index in [0.717, 1.165) is 44.3 Å². The molecule has 25 heavy (non-hydrogen) atoms. The van der Waals surface area contributed by atoms with Gasteiger partial charge in [0.1, 0.15) is 22.4 Å². The second-order valence-corrected chi connectivity index (χ2v) is 6.63. The van der Waals surface area contributed by atoms with Crippen LogP contribution in [0.15, 0.2) is 41.9 Å². The molecule has 8 heteroatoms. The zero-order chi connectivity index (χ0) is 17.0. The first-order valence-electron chi connectivity index (χ1n) is 7.77. The first-order chi connectivity index (χ1) is 12.2. The molecule has 0 radical (unpaired) electrons. The molecule has 7 nitrogen and oxygen atoms in total. The lowest BCUT2D eigenvalue weighted by atomic mass is 10.1. The summed E-state index contributed by atoms with van der Waals surface area (Å²) >= 11 is 1.51. The van der Waals surface area contributed by atoms with Crippen molar-refractivity contribution in [3.63, 3.8) is 0 Å². The molecule has 122 valence electrons. The molecule has 4 heterocycles. The van der Waals surface area contributed by atoms with Crippen molar-refractivity contribution >= 4 is 27.3 Å². The van der Waals surface area contributed by atoms with Crippen molar-refractivity contribution in [3.05, 3.63) is 47.6 Å². The molecule has 4 aromatic heterocycles. The van der Waals surface area contributed by atoms with Crippen LogP contribution >= 0.6 is 11.3 Å². The number of nitrogens with zero attached hydrogens (tertiary/aromatic N) is 7. The Morgan fingerprint density at radius 1 is 1.08 bits per heavy atom. The van der Waals surface area contributed by atoms with Crippen LogP contribution in [0.4, 0.5) is 0 Å². The molecule has 1 aromatic carbocycles. The van der Waals surface area contributed by atoms with Crippen molar-refractivity contribution in [2.75, 3.05) is 0 Å². The summed E-state index contributed by atoms with van der Waals surface area (Å²) in [5.74, 6) is 0. The van der Waals surface area contributed by atoms with E-state index < -0.39 is 0 Å². The van der Waals surface area contributed by atoms with E-state index in [0.29, 0.717) is 0 Å². The van der Waals surface area contributed by atoms with Gasteiger partial charge in [-0.25, -0.2) is 14.2 Å². The van der Waals surface area contributed by atoms with Gasteiger partial charge in [-0.1, -0.05) is 28.7 Å². The summed E-state index contributed by atoms with van der Waals surface area (Å²) in [7, 11) is 1.89. The number of aromatic nitrogens is 7. The van der Waals surface area contributed by atoms with Crippen LogP contribution in [0.2, 0.25) is 0 Å². The fourth-order valence-electron chi connectivity index (χ4n) is 2.98. The minimum Gasteiger partial charge on any atom is -0.251 e. The molecular weight excluding hydrogens is 334 g/mol. The van der Waals surface area contributed by atoms with Gasteiger partial charge in [0.2, 0.25) is 4.96 Å². The molecule has 0 bridgehead atoms. The molecule has 5 aromatic rings. The molecule has 0 unspecified atom stereocenters. The van der Waals surface area contributed by atoms with Gasteiger partial charge in [0.05, 0.1) is 11.2 Å². The minimum absolute atomic E-state index is 0.831. The molecule has 0 fully saturated rings. The Morgan fingerprint density at radius 2 is 2.00 bits per heavy atom. The largest absolute Gasteiger partial charge is 0.251 e. The van der Waals surface area contributed by atoms with Crippen molar-refractivity contribution in [2.24, 2.45) is 7.05 Å². The van der Waals surface area contributed by atoms with E-state index in [2.05, 4.69) is 26.5 Å². The SMILES string of the molecule is Cc1cccc(-c2nc3scnn3c2-c2ccc3nnn(C)c3c2)n1. The first kappa shape index (κ1) is 14.2. The fourth-order valence-corrected chi connectivity index (χ4v) is 3.60. The second kappa shape index (κ2) is 5.18. The topological polar surface area (TPSA) is 73.8 Å². The van der Waals surface area contributed by atoms with E-state index in [1.807, 2.05) is 48.8 Å². The first-order valence-corrected chi connectivity index (χ1v) is 8.65. The lowest BCUT2D eigenvalue weighted by Crippen LogP contribution is -1.94. The van der Waals surface area contributed by atoms with Gasteiger partial charge >= 0.3 is 0 Å². The zero-order valence-electron chi connectivity index (χ0n) is 13.6. The van der Waals surface area contributed by atoms with Gasteiger partial charge in [0, 0.05) is 18.3 Å². The molecule has 0 spiro atoms. The average Bonchev–Trinajstić information content (AvgIpc) is 3.29. The van der Waals surface area contributed by atoms with Crippen LogP contribution < -0.4 is 0 Å². The fraction of sp³-hybridized carbons (Fsp3) is 0.118. The Balaban J connectivity index is 1.82. The van der Waals surface area contributed by atoms with E-state index >= 15 is 0 Å². The third-order valence-electron chi connectivity index (χ3n) is 4.16. The Kier molecular flexibility index (Phi) is 2.95. The van der Waals surface area contributed by atoms with E-state index in [1.54, 1.807) is 10.2 Å². The van der Waals surface area contributed by atoms with Gasteiger partial charge < -0.3 is 0 Å². The molecule has 0 N–H and O–H groups in total. The number of hydrogen-bond acceptors (Lipinski definition) is 6. The number of hydrogen-bond donors (Lipinski definition) is 0. The third kappa shape index (κ3) is 2.14. The van der Waals surface area contributed by atoms with Crippen LogP contribution in [0.25, 0.3) is 38.6 Å². The van der Waals surface area contributed by atoms with Crippen molar-refractivity contribution in [3.8, 4) is 22.6 Å². The number of pyridine rings is 1. The van der Waals surface area contributed by atoms with E-state index in [9.17, 15) is 0 Å². The van der Waals surface area contributed by atoms with Gasteiger partial charge in [-0.05, 0) is 31.2 Å². The summed E-state index contributed by atoms with van der Waals surface area (Å²) in [5, 5.41) is 12.7. The maximum Gasteiger partial charge on any atom is 0.213 e. The highest BCUT2D eigenvalue weighted by Gasteiger charge is 2.19. The monoisotopic (exact) mass is 347 g/mol. The standard InChI is InChI=1S/C17H13N7S/c1-10-4-3-5-13(19-10)15-16(24-17(20-15)25-9-18-24)11-6-7-12-14(8-11)23(2)22-21-12/h3-9H,1-2H3. The summed E-state index contributed by atoms with van der Waals surface area (Å²) in [5.41, 5.74) is 8.19. The predicted molar refractivity (Wildman–Crippen MR) is 96.3 cm³/mol. The Hall–Kier alpha value is -3.13. The van der Waals surface area contributed by atoms with Crippen LogP contribution in [-0.2, 0) is 7.05 Å². The summed E-state index contributed by atoms with van der Waals surface area (Å²) in [6.07, 6.45) is 0. The highest BCUT2D eigenvalue weighted by molar-refractivity contribution is 7.14. The molecule has 0 aliphatic carbocycles.